The standard InChI is InChI=1S/C16H13F3N6/c1-16(18,19)8-23-15-22-5-11-10(4-21-14(11)24-15)9-2-3-13-20-6-12(17)25(13)7-9/h2-7H,8H2,1H3,(H2,21,22,23,24). The van der Waals surface area contributed by atoms with E-state index in [1.165, 1.54) is 4.40 Å². The largest absolute Gasteiger partial charge is 0.348 e. The van der Waals surface area contributed by atoms with Crippen LogP contribution in [-0.4, -0.2) is 36.8 Å². The third kappa shape index (κ3) is 2.88. The molecule has 9 heteroatoms. The Bertz CT molecular complexity index is 1060. The van der Waals surface area contributed by atoms with Gasteiger partial charge in [-0.1, -0.05) is 0 Å². The Kier molecular flexibility index (Phi) is 3.38. The lowest BCUT2D eigenvalue weighted by Crippen LogP contribution is -2.23. The molecule has 0 atom stereocenters. The van der Waals surface area contributed by atoms with Crippen molar-refractivity contribution in [1.82, 2.24) is 24.3 Å². The van der Waals surface area contributed by atoms with Gasteiger partial charge in [0.15, 0.2) is 0 Å². The van der Waals surface area contributed by atoms with Gasteiger partial charge in [0.1, 0.15) is 11.3 Å². The van der Waals surface area contributed by atoms with Gasteiger partial charge in [0.25, 0.3) is 5.92 Å². The summed E-state index contributed by atoms with van der Waals surface area (Å²) in [6.45, 7) is 0.263. The summed E-state index contributed by atoms with van der Waals surface area (Å²) in [4.78, 5) is 15.2. The van der Waals surface area contributed by atoms with Crippen LogP contribution in [0.15, 0.2) is 36.9 Å². The van der Waals surface area contributed by atoms with Gasteiger partial charge in [0.05, 0.1) is 12.7 Å². The zero-order valence-corrected chi connectivity index (χ0v) is 13.1. The minimum Gasteiger partial charge on any atom is -0.348 e. The molecule has 0 radical (unpaired) electrons. The van der Waals surface area contributed by atoms with Gasteiger partial charge in [-0.2, -0.15) is 9.37 Å². The number of H-pyrrole nitrogens is 1. The maximum absolute atomic E-state index is 13.7. The van der Waals surface area contributed by atoms with Gasteiger partial charge in [-0.3, -0.25) is 4.40 Å². The van der Waals surface area contributed by atoms with Crippen molar-refractivity contribution in [3.63, 3.8) is 0 Å². The fourth-order valence-electron chi connectivity index (χ4n) is 2.58. The molecule has 2 N–H and O–H groups in total. The van der Waals surface area contributed by atoms with Gasteiger partial charge in [0.2, 0.25) is 11.9 Å². The van der Waals surface area contributed by atoms with E-state index in [-0.39, 0.29) is 5.95 Å². The monoisotopic (exact) mass is 346 g/mol. The van der Waals surface area contributed by atoms with E-state index >= 15 is 0 Å². The Morgan fingerprint density at radius 3 is 2.88 bits per heavy atom. The van der Waals surface area contributed by atoms with E-state index in [0.717, 1.165) is 24.2 Å². The first-order valence-corrected chi connectivity index (χ1v) is 7.49. The quantitative estimate of drug-likeness (QED) is 0.593. The number of hydrogen-bond donors (Lipinski definition) is 2. The predicted molar refractivity (Wildman–Crippen MR) is 87.1 cm³/mol. The molecule has 0 aliphatic heterocycles. The molecule has 0 spiro atoms. The Hall–Kier alpha value is -3.10. The smallest absolute Gasteiger partial charge is 0.262 e. The lowest BCUT2D eigenvalue weighted by atomic mass is 10.1. The zero-order chi connectivity index (χ0) is 17.6. The third-order valence-electron chi connectivity index (χ3n) is 3.76. The van der Waals surface area contributed by atoms with Crippen molar-refractivity contribution in [2.75, 3.05) is 11.9 Å². The normalized spacial score (nSPS) is 12.2. The number of hydrogen-bond acceptors (Lipinski definition) is 4. The van der Waals surface area contributed by atoms with Crippen molar-refractivity contribution in [2.24, 2.45) is 0 Å². The lowest BCUT2D eigenvalue weighted by Gasteiger charge is -2.10. The van der Waals surface area contributed by atoms with Gasteiger partial charge < -0.3 is 10.3 Å². The Balaban J connectivity index is 1.71. The van der Waals surface area contributed by atoms with Gasteiger partial charge in [0, 0.05) is 42.0 Å². The van der Waals surface area contributed by atoms with Crippen LogP contribution in [0.1, 0.15) is 6.92 Å². The van der Waals surface area contributed by atoms with Crippen molar-refractivity contribution in [2.45, 2.75) is 12.8 Å². The lowest BCUT2D eigenvalue weighted by molar-refractivity contribution is 0.0366. The highest BCUT2D eigenvalue weighted by Gasteiger charge is 2.21. The van der Waals surface area contributed by atoms with Crippen LogP contribution in [0.2, 0.25) is 0 Å². The Morgan fingerprint density at radius 1 is 1.24 bits per heavy atom. The number of pyridine rings is 1. The number of anilines is 1. The first-order chi connectivity index (χ1) is 11.9. The first kappa shape index (κ1) is 15.4. The van der Waals surface area contributed by atoms with Crippen molar-refractivity contribution < 1.29 is 13.2 Å². The van der Waals surface area contributed by atoms with E-state index in [2.05, 4.69) is 25.3 Å². The SMILES string of the molecule is CC(F)(F)CNc1ncc2c(-c3ccc4ncc(F)n4c3)c[nH]c2n1. The van der Waals surface area contributed by atoms with Crippen molar-refractivity contribution in [3.8, 4) is 11.1 Å². The number of rotatable bonds is 4. The molecule has 0 aliphatic rings. The molecule has 0 aliphatic carbocycles. The van der Waals surface area contributed by atoms with E-state index in [0.29, 0.717) is 16.7 Å². The maximum atomic E-state index is 13.7. The van der Waals surface area contributed by atoms with Gasteiger partial charge in [-0.05, 0) is 12.1 Å². The summed E-state index contributed by atoms with van der Waals surface area (Å²) in [5, 5.41) is 3.20. The molecule has 0 amide bonds. The molecule has 0 saturated heterocycles. The summed E-state index contributed by atoms with van der Waals surface area (Å²) >= 11 is 0. The van der Waals surface area contributed by atoms with Crippen LogP contribution in [0.3, 0.4) is 0 Å². The average Bonchev–Trinajstić information content (AvgIpc) is 3.15. The predicted octanol–water partition coefficient (Wildman–Crippen LogP) is 3.48. The highest BCUT2D eigenvalue weighted by Crippen LogP contribution is 2.28. The van der Waals surface area contributed by atoms with Crippen LogP contribution in [0, 0.1) is 5.95 Å². The van der Waals surface area contributed by atoms with Crippen LogP contribution >= 0.6 is 0 Å². The van der Waals surface area contributed by atoms with Gasteiger partial charge in [-0.25, -0.2) is 18.7 Å². The molecule has 25 heavy (non-hydrogen) atoms. The van der Waals surface area contributed by atoms with Crippen molar-refractivity contribution >= 4 is 22.6 Å². The van der Waals surface area contributed by atoms with Crippen molar-refractivity contribution in [1.29, 1.82) is 0 Å². The first-order valence-electron chi connectivity index (χ1n) is 7.49. The Morgan fingerprint density at radius 2 is 2.08 bits per heavy atom. The molecule has 0 aromatic carbocycles. The fourth-order valence-corrected chi connectivity index (χ4v) is 2.58. The number of fused-ring (bicyclic) bond motifs is 2. The van der Waals surface area contributed by atoms with E-state index in [1.54, 1.807) is 24.7 Å². The number of aromatic amines is 1. The molecule has 0 saturated carbocycles. The molecule has 0 fully saturated rings. The molecule has 4 aromatic rings. The van der Waals surface area contributed by atoms with E-state index < -0.39 is 18.4 Å². The molecular formula is C16H13F3N6. The molecule has 4 rings (SSSR count). The number of alkyl halides is 2. The number of halogens is 3. The molecule has 4 heterocycles. The summed E-state index contributed by atoms with van der Waals surface area (Å²) in [5.41, 5.74) is 2.53. The van der Waals surface area contributed by atoms with Crippen LogP contribution in [0.25, 0.3) is 27.8 Å². The second-order valence-electron chi connectivity index (χ2n) is 5.81. The van der Waals surface area contributed by atoms with Crippen LogP contribution in [0.4, 0.5) is 19.1 Å². The summed E-state index contributed by atoms with van der Waals surface area (Å²) in [6.07, 6.45) is 6.04. The zero-order valence-electron chi connectivity index (χ0n) is 13.1. The van der Waals surface area contributed by atoms with E-state index in [1.807, 2.05) is 6.07 Å². The topological polar surface area (TPSA) is 70.9 Å². The second-order valence-corrected chi connectivity index (χ2v) is 5.81. The average molecular weight is 346 g/mol. The molecule has 0 bridgehead atoms. The maximum Gasteiger partial charge on any atom is 0.262 e. The Labute approximate surface area is 139 Å². The third-order valence-corrected chi connectivity index (χ3v) is 3.76. The molecule has 4 aromatic heterocycles. The van der Waals surface area contributed by atoms with E-state index in [9.17, 15) is 13.2 Å². The van der Waals surface area contributed by atoms with Crippen LogP contribution < -0.4 is 5.32 Å². The highest BCUT2D eigenvalue weighted by atomic mass is 19.3. The summed E-state index contributed by atoms with van der Waals surface area (Å²) in [5.74, 6) is -3.21. The number of aromatic nitrogens is 5. The number of imidazole rings is 1. The fraction of sp³-hybridized carbons (Fsp3) is 0.188. The number of nitrogens with one attached hydrogen (secondary N) is 2. The molecule has 0 unspecified atom stereocenters. The summed E-state index contributed by atoms with van der Waals surface area (Å²) in [6, 6.07) is 3.52. The highest BCUT2D eigenvalue weighted by molar-refractivity contribution is 5.93. The molecular weight excluding hydrogens is 333 g/mol. The van der Waals surface area contributed by atoms with Gasteiger partial charge >= 0.3 is 0 Å². The number of nitrogens with zero attached hydrogens (tertiary/aromatic N) is 4. The molecule has 6 nitrogen and oxygen atoms in total. The summed E-state index contributed by atoms with van der Waals surface area (Å²) in [7, 11) is 0. The minimum absolute atomic E-state index is 0.110. The van der Waals surface area contributed by atoms with E-state index in [4.69, 9.17) is 0 Å². The summed E-state index contributed by atoms with van der Waals surface area (Å²) < 4.78 is 40.9. The van der Waals surface area contributed by atoms with Gasteiger partial charge in [-0.15, -0.1) is 0 Å². The minimum atomic E-state index is -2.86. The van der Waals surface area contributed by atoms with Crippen LogP contribution in [-0.2, 0) is 0 Å². The van der Waals surface area contributed by atoms with Crippen molar-refractivity contribution in [3.05, 3.63) is 42.9 Å². The second kappa shape index (κ2) is 5.47. The van der Waals surface area contributed by atoms with Crippen LogP contribution in [0.5, 0.6) is 0 Å². The molecule has 128 valence electrons.